The number of benzene rings is 1. The lowest BCUT2D eigenvalue weighted by molar-refractivity contribution is -0.122. The van der Waals surface area contributed by atoms with Crippen molar-refractivity contribution < 1.29 is 4.79 Å². The molecule has 40 heavy (non-hydrogen) atoms. The van der Waals surface area contributed by atoms with Gasteiger partial charge in [-0.15, -0.1) is 0 Å². The second-order valence-corrected chi connectivity index (χ2v) is 12.1. The fourth-order valence-corrected chi connectivity index (χ4v) is 6.69. The van der Waals surface area contributed by atoms with E-state index >= 15 is 0 Å². The number of carbonyl (C=O) groups is 1. The van der Waals surface area contributed by atoms with Crippen LogP contribution in [0.15, 0.2) is 40.0 Å². The second-order valence-electron chi connectivity index (χ2n) is 10.4. The molecule has 7 nitrogen and oxygen atoms in total. The molecule has 2 aliphatic heterocycles. The predicted molar refractivity (Wildman–Crippen MR) is 168 cm³/mol. The summed E-state index contributed by atoms with van der Waals surface area (Å²) in [6.07, 6.45) is 6.90. The smallest absolute Gasteiger partial charge is 0.270 e. The lowest BCUT2D eigenvalue weighted by Crippen LogP contribution is -2.48. The van der Waals surface area contributed by atoms with Gasteiger partial charge in [-0.3, -0.25) is 24.0 Å². The first-order valence-electron chi connectivity index (χ1n) is 14.3. The van der Waals surface area contributed by atoms with E-state index < -0.39 is 0 Å². The SMILES string of the molecule is CCCCCCN1C(=O)C(=Cc2c(C)c(C#N)c(=O)n(CCC)c2N2CCN(Cc3ccccc3)CC2)SC1=S. The molecular weight excluding hydrogens is 539 g/mol. The molecule has 9 heteroatoms. The first-order valence-corrected chi connectivity index (χ1v) is 15.6. The molecule has 1 aromatic heterocycles. The molecular formula is C31H39N5O2S2. The van der Waals surface area contributed by atoms with Gasteiger partial charge in [-0.25, -0.2) is 0 Å². The van der Waals surface area contributed by atoms with Gasteiger partial charge in [-0.2, -0.15) is 5.26 Å². The number of nitrogens with zero attached hydrogens (tertiary/aromatic N) is 5. The molecule has 2 aromatic rings. The highest BCUT2D eigenvalue weighted by Gasteiger charge is 2.33. The van der Waals surface area contributed by atoms with Gasteiger partial charge in [0.15, 0.2) is 0 Å². The molecule has 1 aromatic carbocycles. The summed E-state index contributed by atoms with van der Waals surface area (Å²) < 4.78 is 2.32. The third kappa shape index (κ3) is 6.68. The van der Waals surface area contributed by atoms with Crippen molar-refractivity contribution in [1.82, 2.24) is 14.4 Å². The zero-order valence-corrected chi connectivity index (χ0v) is 25.5. The fourth-order valence-electron chi connectivity index (χ4n) is 5.40. The van der Waals surface area contributed by atoms with E-state index in [2.05, 4.69) is 47.1 Å². The molecule has 2 fully saturated rings. The third-order valence-electron chi connectivity index (χ3n) is 7.60. The van der Waals surface area contributed by atoms with Gasteiger partial charge in [0.1, 0.15) is 21.8 Å². The molecule has 0 atom stereocenters. The average molecular weight is 578 g/mol. The quantitative estimate of drug-likeness (QED) is 0.197. The van der Waals surface area contributed by atoms with Crippen LogP contribution in [-0.2, 0) is 17.9 Å². The van der Waals surface area contributed by atoms with Crippen LogP contribution >= 0.6 is 24.0 Å². The Labute approximate surface area is 247 Å². The molecule has 3 heterocycles. The zero-order valence-electron chi connectivity index (χ0n) is 23.8. The normalized spacial score (nSPS) is 17.2. The Balaban J connectivity index is 1.67. The molecule has 0 N–H and O–H groups in total. The lowest BCUT2D eigenvalue weighted by atomic mass is 10.0. The summed E-state index contributed by atoms with van der Waals surface area (Å²) in [4.78, 5) is 33.9. The monoisotopic (exact) mass is 577 g/mol. The fraction of sp³-hybridized carbons (Fsp3) is 0.484. The van der Waals surface area contributed by atoms with E-state index in [1.807, 2.05) is 26.0 Å². The Morgan fingerprint density at radius 3 is 2.38 bits per heavy atom. The van der Waals surface area contributed by atoms with Crippen molar-refractivity contribution in [2.24, 2.45) is 0 Å². The van der Waals surface area contributed by atoms with Gasteiger partial charge in [0.05, 0.1) is 4.91 Å². The van der Waals surface area contributed by atoms with Crippen LogP contribution in [0.4, 0.5) is 5.82 Å². The molecule has 4 rings (SSSR count). The first-order chi connectivity index (χ1) is 19.4. The molecule has 1 amide bonds. The first kappa shape index (κ1) is 30.0. The van der Waals surface area contributed by atoms with E-state index in [4.69, 9.17) is 12.2 Å². The number of amides is 1. The minimum atomic E-state index is -0.260. The number of hydrogen-bond acceptors (Lipinski definition) is 7. The number of unbranched alkanes of at least 4 members (excludes halogenated alkanes) is 3. The lowest BCUT2D eigenvalue weighted by Gasteiger charge is -2.38. The number of hydrogen-bond donors (Lipinski definition) is 0. The van der Waals surface area contributed by atoms with Gasteiger partial charge in [-0.05, 0) is 37.0 Å². The number of anilines is 1. The number of thioether (sulfide) groups is 1. The highest BCUT2D eigenvalue weighted by molar-refractivity contribution is 8.26. The number of thiocarbonyl (C=S) groups is 1. The highest BCUT2D eigenvalue weighted by Crippen LogP contribution is 2.36. The number of nitriles is 1. The van der Waals surface area contributed by atoms with Crippen LogP contribution in [0.5, 0.6) is 0 Å². The summed E-state index contributed by atoms with van der Waals surface area (Å²) in [6, 6.07) is 12.6. The van der Waals surface area contributed by atoms with Crippen molar-refractivity contribution in [2.45, 2.75) is 66.0 Å². The van der Waals surface area contributed by atoms with E-state index in [0.717, 1.165) is 76.2 Å². The van der Waals surface area contributed by atoms with Gasteiger partial charge < -0.3 is 4.90 Å². The molecule has 0 radical (unpaired) electrons. The second kappa shape index (κ2) is 14.1. The van der Waals surface area contributed by atoms with Gasteiger partial charge in [0.25, 0.3) is 11.5 Å². The summed E-state index contributed by atoms with van der Waals surface area (Å²) in [5, 5.41) is 9.92. The number of piperazine rings is 1. The van der Waals surface area contributed by atoms with Gasteiger partial charge >= 0.3 is 0 Å². The molecule has 0 aliphatic carbocycles. The van der Waals surface area contributed by atoms with Crippen molar-refractivity contribution in [2.75, 3.05) is 37.6 Å². The van der Waals surface area contributed by atoms with Gasteiger partial charge in [-0.1, -0.05) is 87.4 Å². The molecule has 0 saturated carbocycles. The molecule has 0 spiro atoms. The van der Waals surface area contributed by atoms with E-state index in [1.54, 1.807) is 9.47 Å². The maximum atomic E-state index is 13.5. The standard InChI is InChI=1S/C31H39N5O2S2/c1-4-6-7-11-15-36-30(38)27(40-31(36)39)20-25-23(3)26(21-32)29(37)35(14-5-2)28(25)34-18-16-33(17-19-34)22-24-12-9-8-10-13-24/h8-10,12-13,20H,4-7,11,14-19,22H2,1-3H3. The number of rotatable bonds is 11. The summed E-state index contributed by atoms with van der Waals surface area (Å²) in [6.45, 7) is 11.2. The van der Waals surface area contributed by atoms with Crippen LogP contribution in [0.25, 0.3) is 6.08 Å². The van der Waals surface area contributed by atoms with Crippen molar-refractivity contribution in [3.05, 3.63) is 67.8 Å². The van der Waals surface area contributed by atoms with Crippen LogP contribution < -0.4 is 10.5 Å². The van der Waals surface area contributed by atoms with E-state index in [0.29, 0.717) is 27.9 Å². The largest absolute Gasteiger partial charge is 0.355 e. The van der Waals surface area contributed by atoms with E-state index in [1.165, 1.54) is 17.3 Å². The third-order valence-corrected chi connectivity index (χ3v) is 8.98. The van der Waals surface area contributed by atoms with Gasteiger partial charge in [0, 0.05) is 51.4 Å². The Hall–Kier alpha value is -2.93. The van der Waals surface area contributed by atoms with Crippen LogP contribution in [0.3, 0.4) is 0 Å². The molecule has 2 aliphatic rings. The zero-order chi connectivity index (χ0) is 28.6. The Morgan fingerprint density at radius 1 is 1.00 bits per heavy atom. The van der Waals surface area contributed by atoms with E-state index in [-0.39, 0.29) is 17.0 Å². The maximum absolute atomic E-state index is 13.5. The van der Waals surface area contributed by atoms with Crippen LogP contribution in [-0.4, -0.2) is 57.3 Å². The van der Waals surface area contributed by atoms with Gasteiger partial charge in [0.2, 0.25) is 0 Å². The molecule has 212 valence electrons. The van der Waals surface area contributed by atoms with Crippen molar-refractivity contribution in [1.29, 1.82) is 5.26 Å². The van der Waals surface area contributed by atoms with Crippen LogP contribution in [0.2, 0.25) is 0 Å². The van der Waals surface area contributed by atoms with Crippen molar-refractivity contribution in [3.8, 4) is 6.07 Å². The Kier molecular flexibility index (Phi) is 10.6. The summed E-state index contributed by atoms with van der Waals surface area (Å²) in [7, 11) is 0. The van der Waals surface area contributed by atoms with E-state index in [9.17, 15) is 14.9 Å². The average Bonchev–Trinajstić information content (AvgIpc) is 3.22. The van der Waals surface area contributed by atoms with Crippen LogP contribution in [0.1, 0.15) is 68.2 Å². The Morgan fingerprint density at radius 2 is 1.73 bits per heavy atom. The summed E-state index contributed by atoms with van der Waals surface area (Å²) in [5.41, 5.74) is 2.55. The minimum Gasteiger partial charge on any atom is -0.355 e. The topological polar surface area (TPSA) is 72.6 Å². The maximum Gasteiger partial charge on any atom is 0.270 e. The Bertz CT molecular complexity index is 1350. The number of carbonyl (C=O) groups excluding carboxylic acids is 1. The van der Waals surface area contributed by atoms with Crippen LogP contribution in [0, 0.1) is 18.3 Å². The molecule has 2 saturated heterocycles. The molecule has 0 bridgehead atoms. The van der Waals surface area contributed by atoms with Crippen molar-refractivity contribution >= 4 is 46.1 Å². The highest BCUT2D eigenvalue weighted by atomic mass is 32.2. The number of aromatic nitrogens is 1. The molecule has 0 unspecified atom stereocenters. The summed E-state index contributed by atoms with van der Waals surface area (Å²) in [5.74, 6) is 0.715. The van der Waals surface area contributed by atoms with Crippen molar-refractivity contribution in [3.63, 3.8) is 0 Å². The minimum absolute atomic E-state index is 0.0868. The predicted octanol–water partition coefficient (Wildman–Crippen LogP) is 5.54. The number of pyridine rings is 1. The summed E-state index contributed by atoms with van der Waals surface area (Å²) >= 11 is 6.90.